The number of halogens is 3. The van der Waals surface area contributed by atoms with Gasteiger partial charge in [0.05, 0.1) is 5.52 Å². The summed E-state index contributed by atoms with van der Waals surface area (Å²) in [5.41, 5.74) is 1.14. The molecule has 1 saturated carbocycles. The number of pyridine rings is 1. The number of fused-ring (bicyclic) bond motifs is 1. The van der Waals surface area contributed by atoms with Crippen molar-refractivity contribution < 1.29 is 18.0 Å². The Morgan fingerprint density at radius 1 is 1.10 bits per heavy atom. The van der Waals surface area contributed by atoms with Crippen LogP contribution in [0.5, 0.6) is 0 Å². The topological polar surface area (TPSA) is 42.3 Å². The van der Waals surface area contributed by atoms with Crippen molar-refractivity contribution in [3.63, 3.8) is 0 Å². The number of nitrogens with zero attached hydrogens (tertiary/aromatic N) is 2. The first-order valence-electron chi connectivity index (χ1n) is 9.42. The van der Waals surface area contributed by atoms with Crippen molar-refractivity contribution in [3.8, 4) is 0 Å². The number of benzene rings is 2. The van der Waals surface area contributed by atoms with E-state index >= 15 is 0 Å². The van der Waals surface area contributed by atoms with Crippen LogP contribution in [0.3, 0.4) is 0 Å². The van der Waals surface area contributed by atoms with Crippen LogP contribution in [0.2, 0.25) is 0 Å². The summed E-state index contributed by atoms with van der Waals surface area (Å²) in [6, 6.07) is 7.56. The minimum absolute atomic E-state index is 0.0893. The van der Waals surface area contributed by atoms with Crippen molar-refractivity contribution >= 4 is 22.5 Å². The zero-order valence-corrected chi connectivity index (χ0v) is 16.0. The fourth-order valence-electron chi connectivity index (χ4n) is 3.75. The summed E-state index contributed by atoms with van der Waals surface area (Å²) in [5.74, 6) is -3.71. The molecule has 150 valence electrons. The highest BCUT2D eigenvalue weighted by Crippen LogP contribution is 2.42. The number of carbonyl (C=O) groups excluding carboxylic acids is 1. The van der Waals surface area contributed by atoms with Gasteiger partial charge in [0.25, 0.3) is 11.5 Å². The van der Waals surface area contributed by atoms with Crippen molar-refractivity contribution in [1.29, 1.82) is 0 Å². The van der Waals surface area contributed by atoms with E-state index in [2.05, 4.69) is 0 Å². The van der Waals surface area contributed by atoms with Crippen molar-refractivity contribution in [1.82, 2.24) is 4.57 Å². The Hall–Kier alpha value is -3.09. The number of carbonyl (C=O) groups is 1. The lowest BCUT2D eigenvalue weighted by Gasteiger charge is -2.20. The number of anilines is 1. The molecule has 0 atom stereocenters. The van der Waals surface area contributed by atoms with Crippen LogP contribution >= 0.6 is 0 Å². The molecule has 29 heavy (non-hydrogen) atoms. The van der Waals surface area contributed by atoms with E-state index < -0.39 is 29.0 Å². The van der Waals surface area contributed by atoms with Gasteiger partial charge in [0.1, 0.15) is 11.5 Å². The van der Waals surface area contributed by atoms with Gasteiger partial charge in [-0.15, -0.1) is 0 Å². The first-order valence-corrected chi connectivity index (χ1v) is 9.42. The lowest BCUT2D eigenvalue weighted by Crippen LogP contribution is -2.28. The molecule has 1 amide bonds. The Balaban J connectivity index is 1.82. The van der Waals surface area contributed by atoms with Crippen LogP contribution in [0.1, 0.15) is 41.6 Å². The molecule has 4 rings (SSSR count). The molecule has 1 aliphatic carbocycles. The fourth-order valence-corrected chi connectivity index (χ4v) is 3.75. The minimum Gasteiger partial charge on any atom is -0.309 e. The third-order valence-corrected chi connectivity index (χ3v) is 5.35. The molecule has 0 bridgehead atoms. The number of aryl methyl sites for hydroxylation is 1. The summed E-state index contributed by atoms with van der Waals surface area (Å²) < 4.78 is 43.0. The molecule has 1 fully saturated rings. The first-order chi connectivity index (χ1) is 13.8. The summed E-state index contributed by atoms with van der Waals surface area (Å²) in [4.78, 5) is 26.2. The van der Waals surface area contributed by atoms with Crippen molar-refractivity contribution in [2.75, 3.05) is 11.9 Å². The standard InChI is InChI=1S/C22H19F3N2O2/c1-3-27-19-7-6-13(8-16(19)15(11-20(27)28)12-4-5-12)22(29)26(2)21-17(24)9-14(23)10-18(21)25/h6-12H,3-5H2,1-2H3. The van der Waals surface area contributed by atoms with Crippen LogP contribution in [0.15, 0.2) is 41.2 Å². The van der Waals surface area contributed by atoms with Gasteiger partial charge in [-0.25, -0.2) is 13.2 Å². The molecule has 3 aromatic rings. The van der Waals surface area contributed by atoms with Crippen LogP contribution in [-0.4, -0.2) is 17.5 Å². The Labute approximate surface area is 165 Å². The molecule has 0 radical (unpaired) electrons. The molecule has 2 aromatic carbocycles. The average Bonchev–Trinajstić information content (AvgIpc) is 3.50. The number of amides is 1. The highest BCUT2D eigenvalue weighted by atomic mass is 19.1. The Bertz CT molecular complexity index is 1180. The number of hydrogen-bond acceptors (Lipinski definition) is 2. The van der Waals surface area contributed by atoms with Crippen LogP contribution in [-0.2, 0) is 6.54 Å². The van der Waals surface area contributed by atoms with Crippen LogP contribution in [0.4, 0.5) is 18.9 Å². The smallest absolute Gasteiger partial charge is 0.258 e. The van der Waals surface area contributed by atoms with Crippen molar-refractivity contribution in [3.05, 3.63) is 75.3 Å². The highest BCUT2D eigenvalue weighted by molar-refractivity contribution is 6.08. The van der Waals surface area contributed by atoms with Gasteiger partial charge in [0.2, 0.25) is 0 Å². The minimum atomic E-state index is -1.15. The van der Waals surface area contributed by atoms with Gasteiger partial charge < -0.3 is 9.47 Å². The average molecular weight is 400 g/mol. The number of hydrogen-bond donors (Lipinski definition) is 0. The van der Waals surface area contributed by atoms with E-state index in [1.807, 2.05) is 6.92 Å². The summed E-state index contributed by atoms with van der Waals surface area (Å²) in [6.07, 6.45) is 1.96. The van der Waals surface area contributed by atoms with E-state index in [4.69, 9.17) is 0 Å². The fraction of sp³-hybridized carbons (Fsp3) is 0.273. The molecule has 7 heteroatoms. The quantitative estimate of drug-likeness (QED) is 0.643. The molecule has 1 heterocycles. The summed E-state index contributed by atoms with van der Waals surface area (Å²) in [5, 5.41) is 0.785. The van der Waals surface area contributed by atoms with Gasteiger partial charge in [0.15, 0.2) is 11.6 Å². The molecule has 4 nitrogen and oxygen atoms in total. The van der Waals surface area contributed by atoms with Crippen LogP contribution in [0.25, 0.3) is 10.9 Å². The molecular formula is C22H19F3N2O2. The maximum absolute atomic E-state index is 14.1. The molecule has 0 spiro atoms. The maximum atomic E-state index is 14.1. The normalized spacial score (nSPS) is 13.7. The second-order valence-corrected chi connectivity index (χ2v) is 7.27. The lowest BCUT2D eigenvalue weighted by atomic mass is 10.0. The van der Waals surface area contributed by atoms with Crippen LogP contribution < -0.4 is 10.5 Å². The van der Waals surface area contributed by atoms with Crippen molar-refractivity contribution in [2.24, 2.45) is 0 Å². The second-order valence-electron chi connectivity index (χ2n) is 7.27. The predicted octanol–water partition coefficient (Wildman–Crippen LogP) is 4.59. The maximum Gasteiger partial charge on any atom is 0.258 e. The monoisotopic (exact) mass is 400 g/mol. The second kappa shape index (κ2) is 7.06. The van der Waals surface area contributed by atoms with Gasteiger partial charge in [0, 0.05) is 42.7 Å². The highest BCUT2D eigenvalue weighted by Gasteiger charge is 2.28. The zero-order valence-electron chi connectivity index (χ0n) is 16.0. The predicted molar refractivity (Wildman–Crippen MR) is 105 cm³/mol. The van der Waals surface area contributed by atoms with Gasteiger partial charge in [-0.3, -0.25) is 9.59 Å². The Morgan fingerprint density at radius 2 is 1.76 bits per heavy atom. The first kappa shape index (κ1) is 19.2. The molecule has 0 unspecified atom stereocenters. The van der Waals surface area contributed by atoms with Crippen LogP contribution in [0, 0.1) is 17.5 Å². The lowest BCUT2D eigenvalue weighted by molar-refractivity contribution is 0.0991. The van der Waals surface area contributed by atoms with E-state index in [1.165, 1.54) is 13.1 Å². The van der Waals surface area contributed by atoms with Gasteiger partial charge in [-0.05, 0) is 49.4 Å². The van der Waals surface area contributed by atoms with E-state index in [9.17, 15) is 22.8 Å². The Kier molecular flexibility index (Phi) is 4.68. The van der Waals surface area contributed by atoms with E-state index in [1.54, 1.807) is 22.8 Å². The number of aromatic nitrogens is 1. The van der Waals surface area contributed by atoms with Gasteiger partial charge in [-0.1, -0.05) is 0 Å². The third kappa shape index (κ3) is 3.30. The van der Waals surface area contributed by atoms with E-state index in [0.717, 1.165) is 34.2 Å². The molecule has 0 N–H and O–H groups in total. The van der Waals surface area contributed by atoms with E-state index in [-0.39, 0.29) is 17.0 Å². The third-order valence-electron chi connectivity index (χ3n) is 5.35. The van der Waals surface area contributed by atoms with E-state index in [0.29, 0.717) is 18.7 Å². The Morgan fingerprint density at radius 3 is 2.34 bits per heavy atom. The molecule has 1 aliphatic rings. The summed E-state index contributed by atoms with van der Waals surface area (Å²) in [6.45, 7) is 2.35. The molecular weight excluding hydrogens is 381 g/mol. The SMILES string of the molecule is CCn1c(=O)cc(C2CC2)c2cc(C(=O)N(C)c3c(F)cc(F)cc3F)ccc21. The molecule has 0 saturated heterocycles. The molecule has 0 aliphatic heterocycles. The summed E-state index contributed by atoms with van der Waals surface area (Å²) in [7, 11) is 1.24. The molecule has 1 aromatic heterocycles. The largest absolute Gasteiger partial charge is 0.309 e. The van der Waals surface area contributed by atoms with Gasteiger partial charge in [-0.2, -0.15) is 0 Å². The number of rotatable bonds is 4. The van der Waals surface area contributed by atoms with Crippen molar-refractivity contribution in [2.45, 2.75) is 32.2 Å². The van der Waals surface area contributed by atoms with Gasteiger partial charge >= 0.3 is 0 Å². The zero-order chi connectivity index (χ0) is 20.9. The summed E-state index contributed by atoms with van der Waals surface area (Å²) >= 11 is 0.